The monoisotopic (exact) mass is 213 g/mol. The molecule has 0 aromatic rings. The van der Waals surface area contributed by atoms with Gasteiger partial charge in [0.05, 0.1) is 19.3 Å². The lowest BCUT2D eigenvalue weighted by Gasteiger charge is -2.25. The van der Waals surface area contributed by atoms with E-state index < -0.39 is 0 Å². The molecule has 4 heteroatoms. The van der Waals surface area contributed by atoms with Crippen molar-refractivity contribution >= 4 is 5.97 Å². The molecule has 1 N–H and O–H groups in total. The van der Waals surface area contributed by atoms with Gasteiger partial charge in [-0.1, -0.05) is 0 Å². The molecule has 0 saturated carbocycles. The molecule has 1 unspecified atom stereocenters. The minimum atomic E-state index is -0.307. The lowest BCUT2D eigenvalue weighted by Crippen LogP contribution is -2.31. The lowest BCUT2D eigenvalue weighted by molar-refractivity contribution is -0.137. The first-order chi connectivity index (χ1) is 7.19. The topological polar surface area (TPSA) is 49.8 Å². The smallest absolute Gasteiger partial charge is 0.332 e. The molecule has 0 radical (unpaired) electrons. The Labute approximate surface area is 90.5 Å². The molecule has 1 aliphatic rings. The highest BCUT2D eigenvalue weighted by molar-refractivity contribution is 5.82. The molecule has 15 heavy (non-hydrogen) atoms. The van der Waals surface area contributed by atoms with E-state index in [9.17, 15) is 4.79 Å². The molecule has 1 fully saturated rings. The van der Waals surface area contributed by atoms with Crippen LogP contribution in [-0.2, 0) is 9.53 Å². The van der Waals surface area contributed by atoms with E-state index in [2.05, 4.69) is 4.90 Å². The standard InChI is InChI=1S/C11H19NO3/c1-3-15-11(14)7-9(2)12-6-4-5-10(12)8-13/h7,10,13H,3-6,8H2,1-2H3/b9-7+. The number of likely N-dealkylation sites (tertiary alicyclic amines) is 1. The molecule has 0 spiro atoms. The molecule has 1 atom stereocenters. The van der Waals surface area contributed by atoms with E-state index in [1.54, 1.807) is 6.92 Å². The Kier molecular flexibility index (Phi) is 4.62. The number of carbonyl (C=O) groups is 1. The molecule has 86 valence electrons. The van der Waals surface area contributed by atoms with Crippen LogP contribution in [0.15, 0.2) is 11.8 Å². The van der Waals surface area contributed by atoms with Crippen molar-refractivity contribution in [2.75, 3.05) is 19.8 Å². The largest absolute Gasteiger partial charge is 0.463 e. The van der Waals surface area contributed by atoms with Gasteiger partial charge in [0.2, 0.25) is 0 Å². The highest BCUT2D eigenvalue weighted by atomic mass is 16.5. The average Bonchev–Trinajstić information content (AvgIpc) is 2.65. The maximum absolute atomic E-state index is 11.2. The van der Waals surface area contributed by atoms with Crippen LogP contribution < -0.4 is 0 Å². The third-order valence-electron chi connectivity index (χ3n) is 2.65. The van der Waals surface area contributed by atoms with E-state index in [4.69, 9.17) is 9.84 Å². The third-order valence-corrected chi connectivity index (χ3v) is 2.65. The summed E-state index contributed by atoms with van der Waals surface area (Å²) in [6.07, 6.45) is 3.56. The number of hydrogen-bond acceptors (Lipinski definition) is 4. The molecule has 0 amide bonds. The minimum absolute atomic E-state index is 0.147. The fraction of sp³-hybridized carbons (Fsp3) is 0.727. The van der Waals surface area contributed by atoms with E-state index in [1.165, 1.54) is 6.08 Å². The van der Waals surface area contributed by atoms with Crippen molar-refractivity contribution in [2.24, 2.45) is 0 Å². The SMILES string of the molecule is CCOC(=O)/C=C(\C)N1CCCC1CO. The van der Waals surface area contributed by atoms with Crippen LogP contribution in [-0.4, -0.2) is 41.8 Å². The van der Waals surface area contributed by atoms with E-state index in [0.717, 1.165) is 25.1 Å². The van der Waals surface area contributed by atoms with Crippen LogP contribution >= 0.6 is 0 Å². The molecule has 1 heterocycles. The quantitative estimate of drug-likeness (QED) is 0.557. The van der Waals surface area contributed by atoms with Crippen molar-refractivity contribution in [2.45, 2.75) is 32.7 Å². The number of aliphatic hydroxyl groups is 1. The van der Waals surface area contributed by atoms with Crippen molar-refractivity contribution in [3.05, 3.63) is 11.8 Å². The van der Waals surface area contributed by atoms with Gasteiger partial charge in [-0.25, -0.2) is 4.79 Å². The molecule has 0 aliphatic carbocycles. The van der Waals surface area contributed by atoms with E-state index in [0.29, 0.717) is 6.61 Å². The highest BCUT2D eigenvalue weighted by Gasteiger charge is 2.23. The summed E-state index contributed by atoms with van der Waals surface area (Å²) >= 11 is 0. The number of nitrogens with zero attached hydrogens (tertiary/aromatic N) is 1. The maximum Gasteiger partial charge on any atom is 0.332 e. The zero-order valence-corrected chi connectivity index (χ0v) is 9.40. The fourth-order valence-corrected chi connectivity index (χ4v) is 1.93. The average molecular weight is 213 g/mol. The van der Waals surface area contributed by atoms with Crippen LogP contribution in [0.5, 0.6) is 0 Å². The van der Waals surface area contributed by atoms with Gasteiger partial charge in [0.25, 0.3) is 0 Å². The number of allylic oxidation sites excluding steroid dienone is 1. The molecule has 0 aromatic carbocycles. The van der Waals surface area contributed by atoms with Gasteiger partial charge in [-0.05, 0) is 26.7 Å². The first-order valence-corrected chi connectivity index (χ1v) is 5.41. The zero-order valence-electron chi connectivity index (χ0n) is 9.40. The lowest BCUT2D eigenvalue weighted by atomic mass is 10.2. The van der Waals surface area contributed by atoms with Gasteiger partial charge in [0.1, 0.15) is 0 Å². The van der Waals surface area contributed by atoms with Crippen molar-refractivity contribution in [3.8, 4) is 0 Å². The van der Waals surface area contributed by atoms with Gasteiger partial charge in [-0.3, -0.25) is 0 Å². The summed E-state index contributed by atoms with van der Waals surface area (Å²) in [5.74, 6) is -0.307. The molecule has 1 rings (SSSR count). The first-order valence-electron chi connectivity index (χ1n) is 5.41. The Morgan fingerprint density at radius 2 is 2.40 bits per heavy atom. The summed E-state index contributed by atoms with van der Waals surface area (Å²) in [6.45, 7) is 5.12. The van der Waals surface area contributed by atoms with Crippen LogP contribution in [0.25, 0.3) is 0 Å². The third kappa shape index (κ3) is 3.23. The first kappa shape index (κ1) is 12.0. The number of aliphatic hydroxyl groups excluding tert-OH is 1. The van der Waals surface area contributed by atoms with E-state index in [1.807, 2.05) is 6.92 Å². The highest BCUT2D eigenvalue weighted by Crippen LogP contribution is 2.21. The van der Waals surface area contributed by atoms with Crippen LogP contribution in [0.4, 0.5) is 0 Å². The summed E-state index contributed by atoms with van der Waals surface area (Å²) in [6, 6.07) is 0.163. The molecule has 1 saturated heterocycles. The van der Waals surface area contributed by atoms with Gasteiger partial charge in [-0.15, -0.1) is 0 Å². The maximum atomic E-state index is 11.2. The number of hydrogen-bond donors (Lipinski definition) is 1. The predicted molar refractivity (Wildman–Crippen MR) is 57.2 cm³/mol. The Hall–Kier alpha value is -1.03. The van der Waals surface area contributed by atoms with Crippen molar-refractivity contribution < 1.29 is 14.6 Å². The second-order valence-electron chi connectivity index (χ2n) is 3.71. The Balaban J connectivity index is 2.58. The zero-order chi connectivity index (χ0) is 11.3. The number of carbonyl (C=O) groups excluding carboxylic acids is 1. The summed E-state index contributed by atoms with van der Waals surface area (Å²) in [5, 5.41) is 9.14. The van der Waals surface area contributed by atoms with Crippen molar-refractivity contribution in [1.29, 1.82) is 0 Å². The van der Waals surface area contributed by atoms with Crippen molar-refractivity contribution in [3.63, 3.8) is 0 Å². The molecule has 1 aliphatic heterocycles. The second kappa shape index (κ2) is 5.75. The Bertz CT molecular complexity index is 250. The number of rotatable bonds is 4. The van der Waals surface area contributed by atoms with Crippen LogP contribution in [0.1, 0.15) is 26.7 Å². The minimum Gasteiger partial charge on any atom is -0.463 e. The summed E-state index contributed by atoms with van der Waals surface area (Å²) < 4.78 is 4.84. The normalized spacial score (nSPS) is 21.9. The summed E-state index contributed by atoms with van der Waals surface area (Å²) in [7, 11) is 0. The van der Waals surface area contributed by atoms with Gasteiger partial charge in [0, 0.05) is 18.3 Å². The van der Waals surface area contributed by atoms with Crippen LogP contribution in [0.2, 0.25) is 0 Å². The van der Waals surface area contributed by atoms with Gasteiger partial charge < -0.3 is 14.7 Å². The summed E-state index contributed by atoms with van der Waals surface area (Å²) in [5.41, 5.74) is 0.880. The fourth-order valence-electron chi connectivity index (χ4n) is 1.93. The van der Waals surface area contributed by atoms with Gasteiger partial charge in [0.15, 0.2) is 0 Å². The molecular weight excluding hydrogens is 194 g/mol. The molecule has 0 aromatic heterocycles. The van der Waals surface area contributed by atoms with E-state index in [-0.39, 0.29) is 18.6 Å². The van der Waals surface area contributed by atoms with Crippen molar-refractivity contribution in [1.82, 2.24) is 4.90 Å². The predicted octanol–water partition coefficient (Wildman–Crippen LogP) is 0.910. The van der Waals surface area contributed by atoms with Crippen LogP contribution in [0.3, 0.4) is 0 Å². The Morgan fingerprint density at radius 1 is 1.67 bits per heavy atom. The van der Waals surface area contributed by atoms with Gasteiger partial charge >= 0.3 is 5.97 Å². The second-order valence-corrected chi connectivity index (χ2v) is 3.71. The van der Waals surface area contributed by atoms with E-state index >= 15 is 0 Å². The van der Waals surface area contributed by atoms with Crippen LogP contribution in [0, 0.1) is 0 Å². The number of ether oxygens (including phenoxy) is 1. The Morgan fingerprint density at radius 3 is 3.00 bits per heavy atom. The summed E-state index contributed by atoms with van der Waals surface area (Å²) in [4.78, 5) is 13.3. The number of esters is 1. The molecular formula is C11H19NO3. The molecule has 0 bridgehead atoms. The molecule has 4 nitrogen and oxygen atoms in total. The van der Waals surface area contributed by atoms with Gasteiger partial charge in [-0.2, -0.15) is 0 Å².